The third-order valence-corrected chi connectivity index (χ3v) is 6.83. The second kappa shape index (κ2) is 7.66. The normalized spacial score (nSPS) is 35.9. The molecule has 4 nitrogen and oxygen atoms in total. The summed E-state index contributed by atoms with van der Waals surface area (Å²) in [7, 11) is 0. The molecule has 2 rings (SSSR count). The van der Waals surface area contributed by atoms with Gasteiger partial charge in [0.05, 0.1) is 12.5 Å². The number of carbonyl (C=O) groups is 1. The van der Waals surface area contributed by atoms with Gasteiger partial charge < -0.3 is 15.5 Å². The van der Waals surface area contributed by atoms with E-state index in [1.807, 2.05) is 6.92 Å². The highest BCUT2D eigenvalue weighted by Crippen LogP contribution is 2.55. The zero-order valence-electron chi connectivity index (χ0n) is 15.9. The van der Waals surface area contributed by atoms with Crippen LogP contribution in [0, 0.1) is 23.2 Å². The topological polar surface area (TPSA) is 69.6 Å². The summed E-state index contributed by atoms with van der Waals surface area (Å²) in [4.78, 5) is 11.9. The maximum Gasteiger partial charge on any atom is 0.417 e. The minimum Gasteiger partial charge on any atom is -0.393 e. The van der Waals surface area contributed by atoms with E-state index in [4.69, 9.17) is 0 Å². The molecule has 2 aliphatic carbocycles. The van der Waals surface area contributed by atoms with Crippen molar-refractivity contribution in [1.82, 2.24) is 5.32 Å². The molecule has 2 fully saturated rings. The summed E-state index contributed by atoms with van der Waals surface area (Å²) < 4.78 is 38.1. The predicted octanol–water partition coefficient (Wildman–Crippen LogP) is 3.41. The van der Waals surface area contributed by atoms with Crippen LogP contribution in [-0.4, -0.2) is 40.5 Å². The SMILES string of the molecule is C[C@H](CNC(=O)C[C@@](C)(O)C(F)(F)F)C1CCCC2C(O)CCC[C@@]21C. The molecule has 2 aliphatic rings. The molecule has 6 atom stereocenters. The summed E-state index contributed by atoms with van der Waals surface area (Å²) >= 11 is 0. The van der Waals surface area contributed by atoms with Gasteiger partial charge in [-0.15, -0.1) is 0 Å². The maximum atomic E-state index is 12.7. The molecule has 2 saturated carbocycles. The van der Waals surface area contributed by atoms with Gasteiger partial charge in [-0.25, -0.2) is 0 Å². The van der Waals surface area contributed by atoms with E-state index in [0.29, 0.717) is 12.8 Å². The molecule has 26 heavy (non-hydrogen) atoms. The predicted molar refractivity (Wildman–Crippen MR) is 92.3 cm³/mol. The Kier molecular flexibility index (Phi) is 6.33. The molecular formula is C19H32F3NO3. The van der Waals surface area contributed by atoms with Gasteiger partial charge in [0.15, 0.2) is 5.60 Å². The van der Waals surface area contributed by atoms with Crippen molar-refractivity contribution in [1.29, 1.82) is 0 Å². The highest BCUT2D eigenvalue weighted by Gasteiger charge is 2.52. The van der Waals surface area contributed by atoms with Crippen LogP contribution in [0.15, 0.2) is 0 Å². The summed E-state index contributed by atoms with van der Waals surface area (Å²) in [6.07, 6.45) is -0.185. The molecule has 0 saturated heterocycles. The average molecular weight is 379 g/mol. The molecule has 0 aromatic carbocycles. The molecule has 1 amide bonds. The maximum absolute atomic E-state index is 12.7. The van der Waals surface area contributed by atoms with Crippen LogP contribution in [0.1, 0.15) is 65.7 Å². The number of hydrogen-bond donors (Lipinski definition) is 3. The number of halogens is 3. The Labute approximate surface area is 153 Å². The second-order valence-electron chi connectivity index (χ2n) is 8.84. The summed E-state index contributed by atoms with van der Waals surface area (Å²) in [5, 5.41) is 22.4. The molecule has 0 aromatic rings. The van der Waals surface area contributed by atoms with Crippen LogP contribution in [-0.2, 0) is 4.79 Å². The molecule has 0 bridgehead atoms. The Hall–Kier alpha value is -0.820. The van der Waals surface area contributed by atoms with Crippen molar-refractivity contribution in [2.24, 2.45) is 23.2 Å². The standard InChI is InChI=1S/C19H32F3NO3/c1-12(11-23-16(25)10-18(3,26)19(20,21)22)13-6-4-7-14-15(24)8-5-9-17(13,14)2/h12-15,24,26H,4-11H2,1-3H3,(H,23,25)/t12-,13?,14?,15?,17-,18-/m1/s1. The first kappa shape index (κ1) is 21.5. The van der Waals surface area contributed by atoms with Gasteiger partial charge in [0.2, 0.25) is 5.91 Å². The fourth-order valence-corrected chi connectivity index (χ4v) is 5.22. The third-order valence-electron chi connectivity index (χ3n) is 6.83. The molecule has 3 unspecified atom stereocenters. The largest absolute Gasteiger partial charge is 0.417 e. The number of amides is 1. The number of nitrogens with one attached hydrogen (secondary N) is 1. The van der Waals surface area contributed by atoms with Gasteiger partial charge in [-0.2, -0.15) is 13.2 Å². The first-order chi connectivity index (χ1) is 11.9. The van der Waals surface area contributed by atoms with E-state index in [1.54, 1.807) is 0 Å². The molecule has 0 spiro atoms. The fraction of sp³-hybridized carbons (Fsp3) is 0.947. The van der Waals surface area contributed by atoms with Gasteiger partial charge in [-0.1, -0.05) is 26.7 Å². The fourth-order valence-electron chi connectivity index (χ4n) is 5.22. The van der Waals surface area contributed by atoms with E-state index < -0.39 is 24.1 Å². The summed E-state index contributed by atoms with van der Waals surface area (Å²) in [5.74, 6) is -0.105. The van der Waals surface area contributed by atoms with Crippen LogP contribution < -0.4 is 5.32 Å². The van der Waals surface area contributed by atoms with Gasteiger partial charge >= 0.3 is 6.18 Å². The molecule has 0 heterocycles. The van der Waals surface area contributed by atoms with Crippen molar-refractivity contribution < 1.29 is 28.2 Å². The number of carbonyl (C=O) groups excluding carboxylic acids is 1. The van der Waals surface area contributed by atoms with Gasteiger partial charge in [-0.05, 0) is 55.8 Å². The molecule has 0 radical (unpaired) electrons. The lowest BCUT2D eigenvalue weighted by atomic mass is 9.52. The van der Waals surface area contributed by atoms with Crippen LogP contribution in [0.3, 0.4) is 0 Å². The molecular weight excluding hydrogens is 347 g/mol. The first-order valence-corrected chi connectivity index (χ1v) is 9.62. The van der Waals surface area contributed by atoms with E-state index in [0.717, 1.165) is 38.5 Å². The highest BCUT2D eigenvalue weighted by molar-refractivity contribution is 5.77. The zero-order valence-corrected chi connectivity index (χ0v) is 15.9. The van der Waals surface area contributed by atoms with Crippen LogP contribution in [0.4, 0.5) is 13.2 Å². The zero-order chi connectivity index (χ0) is 19.8. The van der Waals surface area contributed by atoms with E-state index >= 15 is 0 Å². The van der Waals surface area contributed by atoms with Crippen molar-refractivity contribution in [3.8, 4) is 0 Å². The van der Waals surface area contributed by atoms with Crippen LogP contribution >= 0.6 is 0 Å². The number of alkyl halides is 3. The third kappa shape index (κ3) is 4.35. The molecule has 0 aromatic heterocycles. The minimum absolute atomic E-state index is 0.0114. The number of aliphatic hydroxyl groups is 2. The van der Waals surface area contributed by atoms with Gasteiger partial charge in [0, 0.05) is 6.54 Å². The molecule has 0 aliphatic heterocycles. The van der Waals surface area contributed by atoms with E-state index in [2.05, 4.69) is 12.2 Å². The lowest BCUT2D eigenvalue weighted by Crippen LogP contribution is -2.51. The number of rotatable bonds is 5. The van der Waals surface area contributed by atoms with Gasteiger partial charge in [0.25, 0.3) is 0 Å². The van der Waals surface area contributed by atoms with E-state index in [9.17, 15) is 28.2 Å². The lowest BCUT2D eigenvalue weighted by molar-refractivity contribution is -0.253. The smallest absolute Gasteiger partial charge is 0.393 e. The Bertz CT molecular complexity index is 509. The molecule has 7 heteroatoms. The van der Waals surface area contributed by atoms with Crippen LogP contribution in [0.5, 0.6) is 0 Å². The van der Waals surface area contributed by atoms with Crippen molar-refractivity contribution in [2.45, 2.75) is 83.6 Å². The average Bonchev–Trinajstić information content (AvgIpc) is 2.50. The monoisotopic (exact) mass is 379 g/mol. The van der Waals surface area contributed by atoms with Crippen molar-refractivity contribution in [3.05, 3.63) is 0 Å². The van der Waals surface area contributed by atoms with E-state index in [-0.39, 0.29) is 29.9 Å². The highest BCUT2D eigenvalue weighted by atomic mass is 19.4. The van der Waals surface area contributed by atoms with Gasteiger partial charge in [-0.3, -0.25) is 4.79 Å². The van der Waals surface area contributed by atoms with Gasteiger partial charge in [0.1, 0.15) is 0 Å². The Balaban J connectivity index is 1.95. The number of aliphatic hydroxyl groups excluding tert-OH is 1. The molecule has 152 valence electrons. The lowest BCUT2D eigenvalue weighted by Gasteiger charge is -2.54. The summed E-state index contributed by atoms with van der Waals surface area (Å²) in [6, 6.07) is 0. The minimum atomic E-state index is -4.84. The summed E-state index contributed by atoms with van der Waals surface area (Å²) in [5.41, 5.74) is -3.01. The summed E-state index contributed by atoms with van der Waals surface area (Å²) in [6.45, 7) is 5.14. The van der Waals surface area contributed by atoms with E-state index in [1.165, 1.54) is 0 Å². The van der Waals surface area contributed by atoms with Crippen molar-refractivity contribution >= 4 is 5.91 Å². The van der Waals surface area contributed by atoms with Crippen molar-refractivity contribution in [2.75, 3.05) is 6.54 Å². The van der Waals surface area contributed by atoms with Crippen LogP contribution in [0.2, 0.25) is 0 Å². The molecule has 3 N–H and O–H groups in total. The Morgan fingerprint density at radius 2 is 1.92 bits per heavy atom. The first-order valence-electron chi connectivity index (χ1n) is 9.62. The number of fused-ring (bicyclic) bond motifs is 1. The van der Waals surface area contributed by atoms with Crippen LogP contribution in [0.25, 0.3) is 0 Å². The second-order valence-corrected chi connectivity index (χ2v) is 8.84. The van der Waals surface area contributed by atoms with Crippen molar-refractivity contribution in [3.63, 3.8) is 0 Å². The Morgan fingerprint density at radius 3 is 2.54 bits per heavy atom. The quantitative estimate of drug-likeness (QED) is 0.686. The number of hydrogen-bond acceptors (Lipinski definition) is 3. The Morgan fingerprint density at radius 1 is 1.27 bits per heavy atom.